The first-order valence-electron chi connectivity index (χ1n) is 5.46. The molecule has 0 radical (unpaired) electrons. The first-order valence-corrected chi connectivity index (χ1v) is 5.46. The minimum absolute atomic E-state index is 0.0654. The lowest BCUT2D eigenvalue weighted by molar-refractivity contribution is 0.0723. The number of carbonyl (C=O) groups is 1. The van der Waals surface area contributed by atoms with Gasteiger partial charge in [-0.25, -0.2) is 0 Å². The topological polar surface area (TPSA) is 57.0 Å². The monoisotopic (exact) mass is 215 g/mol. The van der Waals surface area contributed by atoms with Gasteiger partial charge in [0.2, 0.25) is 0 Å². The van der Waals surface area contributed by atoms with E-state index in [0.29, 0.717) is 11.1 Å². The quantitative estimate of drug-likeness (QED) is 0.714. The third-order valence-electron chi connectivity index (χ3n) is 2.82. The Bertz CT molecular complexity index is 430. The van der Waals surface area contributed by atoms with Crippen LogP contribution in [0.2, 0.25) is 0 Å². The number of rotatable bonds is 1. The van der Waals surface area contributed by atoms with Crippen LogP contribution in [-0.2, 0) is 0 Å². The van der Waals surface area contributed by atoms with Crippen LogP contribution < -0.4 is 0 Å². The van der Waals surface area contributed by atoms with Gasteiger partial charge < -0.3 is 4.90 Å². The van der Waals surface area contributed by atoms with Crippen LogP contribution >= 0.6 is 0 Å². The third kappa shape index (κ3) is 2.03. The number of pyridine rings is 1. The molecule has 1 aromatic rings. The van der Waals surface area contributed by atoms with E-state index in [1.807, 2.05) is 6.07 Å². The summed E-state index contributed by atoms with van der Waals surface area (Å²) in [7, 11) is 0. The van der Waals surface area contributed by atoms with E-state index in [1.165, 1.54) is 18.8 Å². The maximum Gasteiger partial charge on any atom is 0.256 e. The minimum Gasteiger partial charge on any atom is -0.339 e. The molecule has 0 aliphatic carbocycles. The van der Waals surface area contributed by atoms with Gasteiger partial charge in [-0.2, -0.15) is 5.26 Å². The van der Waals surface area contributed by atoms with Crippen LogP contribution in [0.4, 0.5) is 0 Å². The molecule has 2 rings (SSSR count). The van der Waals surface area contributed by atoms with E-state index in [-0.39, 0.29) is 5.91 Å². The third-order valence-corrected chi connectivity index (χ3v) is 2.82. The van der Waals surface area contributed by atoms with Crippen molar-refractivity contribution in [3.8, 4) is 6.07 Å². The highest BCUT2D eigenvalue weighted by molar-refractivity contribution is 5.96. The first-order chi connectivity index (χ1) is 7.83. The molecule has 1 fully saturated rings. The molecule has 0 aromatic carbocycles. The Morgan fingerprint density at radius 1 is 1.38 bits per heavy atom. The highest BCUT2D eigenvalue weighted by Crippen LogP contribution is 2.14. The average molecular weight is 215 g/mol. The molecule has 1 aliphatic heterocycles. The molecule has 0 atom stereocenters. The summed E-state index contributed by atoms with van der Waals surface area (Å²) in [6.07, 6.45) is 6.30. The summed E-state index contributed by atoms with van der Waals surface area (Å²) < 4.78 is 0. The van der Waals surface area contributed by atoms with Crippen molar-refractivity contribution in [3.63, 3.8) is 0 Å². The molecular formula is C12H13N3O. The van der Waals surface area contributed by atoms with Gasteiger partial charge in [-0.05, 0) is 25.3 Å². The van der Waals surface area contributed by atoms with Gasteiger partial charge in [-0.1, -0.05) is 0 Å². The van der Waals surface area contributed by atoms with Crippen molar-refractivity contribution in [2.75, 3.05) is 13.1 Å². The van der Waals surface area contributed by atoms with Gasteiger partial charge >= 0.3 is 0 Å². The van der Waals surface area contributed by atoms with Crippen molar-refractivity contribution in [2.45, 2.75) is 19.3 Å². The summed E-state index contributed by atoms with van der Waals surface area (Å²) >= 11 is 0. The predicted octanol–water partition coefficient (Wildman–Crippen LogP) is 1.58. The van der Waals surface area contributed by atoms with Gasteiger partial charge in [0.25, 0.3) is 5.91 Å². The maximum absolute atomic E-state index is 12.1. The molecule has 4 nitrogen and oxygen atoms in total. The number of aromatic nitrogens is 1. The molecule has 1 aliphatic rings. The van der Waals surface area contributed by atoms with E-state index < -0.39 is 0 Å². The van der Waals surface area contributed by atoms with E-state index >= 15 is 0 Å². The van der Waals surface area contributed by atoms with Crippen molar-refractivity contribution in [2.24, 2.45) is 0 Å². The summed E-state index contributed by atoms with van der Waals surface area (Å²) in [4.78, 5) is 17.8. The minimum atomic E-state index is -0.0654. The molecule has 0 bridgehead atoms. The molecule has 0 unspecified atom stereocenters. The fourth-order valence-electron chi connectivity index (χ4n) is 1.93. The van der Waals surface area contributed by atoms with Crippen molar-refractivity contribution in [1.82, 2.24) is 9.88 Å². The molecular weight excluding hydrogens is 202 g/mol. The van der Waals surface area contributed by atoms with Crippen LogP contribution in [0, 0.1) is 11.3 Å². The van der Waals surface area contributed by atoms with E-state index in [0.717, 1.165) is 25.9 Å². The van der Waals surface area contributed by atoms with E-state index in [1.54, 1.807) is 11.0 Å². The van der Waals surface area contributed by atoms with E-state index in [9.17, 15) is 4.79 Å². The fourth-order valence-corrected chi connectivity index (χ4v) is 1.93. The molecule has 0 spiro atoms. The molecule has 2 heterocycles. The van der Waals surface area contributed by atoms with Gasteiger partial charge in [-0.15, -0.1) is 0 Å². The van der Waals surface area contributed by atoms with Crippen LogP contribution in [0.25, 0.3) is 0 Å². The lowest BCUT2D eigenvalue weighted by atomic mass is 10.1. The lowest BCUT2D eigenvalue weighted by Crippen LogP contribution is -2.36. The number of nitrogens with zero attached hydrogens (tertiary/aromatic N) is 3. The number of amides is 1. The van der Waals surface area contributed by atoms with E-state index in [2.05, 4.69) is 4.98 Å². The predicted molar refractivity (Wildman–Crippen MR) is 58.7 cm³/mol. The maximum atomic E-state index is 12.1. The standard InChI is InChI=1S/C12H13N3O/c13-8-10-4-5-14-9-11(10)12(16)15-6-2-1-3-7-15/h4-5,9H,1-3,6-7H2. The molecule has 0 N–H and O–H groups in total. The molecule has 1 amide bonds. The molecule has 0 saturated carbocycles. The summed E-state index contributed by atoms with van der Waals surface area (Å²) in [6.45, 7) is 1.58. The van der Waals surface area contributed by atoms with Gasteiger partial charge in [0, 0.05) is 25.5 Å². The molecule has 1 saturated heterocycles. The van der Waals surface area contributed by atoms with Crippen LogP contribution in [0.1, 0.15) is 35.2 Å². The van der Waals surface area contributed by atoms with Crippen LogP contribution in [0.15, 0.2) is 18.5 Å². The number of likely N-dealkylation sites (tertiary alicyclic amines) is 1. The molecule has 4 heteroatoms. The molecule has 16 heavy (non-hydrogen) atoms. The van der Waals surface area contributed by atoms with Gasteiger partial charge in [0.15, 0.2) is 0 Å². The summed E-state index contributed by atoms with van der Waals surface area (Å²) in [5.41, 5.74) is 0.831. The van der Waals surface area contributed by atoms with Gasteiger partial charge in [0.1, 0.15) is 6.07 Å². The first kappa shape index (κ1) is 10.6. The van der Waals surface area contributed by atoms with E-state index in [4.69, 9.17) is 5.26 Å². The van der Waals surface area contributed by atoms with Crippen molar-refractivity contribution in [1.29, 1.82) is 5.26 Å². The Balaban J connectivity index is 2.23. The summed E-state index contributed by atoms with van der Waals surface area (Å²) in [5.74, 6) is -0.0654. The Hall–Kier alpha value is -1.89. The van der Waals surface area contributed by atoms with Crippen molar-refractivity contribution >= 4 is 5.91 Å². The van der Waals surface area contributed by atoms with Gasteiger partial charge in [0.05, 0.1) is 11.1 Å². The second kappa shape index (κ2) is 4.75. The van der Waals surface area contributed by atoms with Crippen LogP contribution in [-0.4, -0.2) is 28.9 Å². The second-order valence-corrected chi connectivity index (χ2v) is 3.89. The summed E-state index contributed by atoms with van der Waals surface area (Å²) in [5, 5.41) is 8.92. The van der Waals surface area contributed by atoms with Crippen molar-refractivity contribution < 1.29 is 4.79 Å². The largest absolute Gasteiger partial charge is 0.339 e. The zero-order chi connectivity index (χ0) is 11.4. The molecule has 82 valence electrons. The van der Waals surface area contributed by atoms with Crippen LogP contribution in [0.3, 0.4) is 0 Å². The Morgan fingerprint density at radius 3 is 2.81 bits per heavy atom. The molecule has 1 aromatic heterocycles. The number of carbonyl (C=O) groups excluding carboxylic acids is 1. The van der Waals surface area contributed by atoms with Crippen molar-refractivity contribution in [3.05, 3.63) is 29.6 Å². The Kier molecular flexibility index (Phi) is 3.16. The van der Waals surface area contributed by atoms with Gasteiger partial charge in [-0.3, -0.25) is 9.78 Å². The Labute approximate surface area is 94.5 Å². The normalized spacial score (nSPS) is 15.6. The highest BCUT2D eigenvalue weighted by atomic mass is 16.2. The summed E-state index contributed by atoms with van der Waals surface area (Å²) in [6, 6.07) is 3.61. The number of hydrogen-bond donors (Lipinski definition) is 0. The lowest BCUT2D eigenvalue weighted by Gasteiger charge is -2.26. The Morgan fingerprint density at radius 2 is 2.12 bits per heavy atom. The zero-order valence-corrected chi connectivity index (χ0v) is 9.02. The SMILES string of the molecule is N#Cc1ccncc1C(=O)N1CCCCC1. The number of piperidine rings is 1. The highest BCUT2D eigenvalue weighted by Gasteiger charge is 2.20. The zero-order valence-electron chi connectivity index (χ0n) is 9.02. The average Bonchev–Trinajstić information content (AvgIpc) is 2.39. The second-order valence-electron chi connectivity index (χ2n) is 3.89. The van der Waals surface area contributed by atoms with Crippen LogP contribution in [0.5, 0.6) is 0 Å². The fraction of sp³-hybridized carbons (Fsp3) is 0.417. The smallest absolute Gasteiger partial charge is 0.256 e. The number of nitriles is 1. The number of hydrogen-bond acceptors (Lipinski definition) is 3.